The van der Waals surface area contributed by atoms with Crippen LogP contribution >= 0.6 is 0 Å². The molecule has 0 radical (unpaired) electrons. The van der Waals surface area contributed by atoms with Crippen molar-refractivity contribution in [1.29, 1.82) is 0 Å². The number of aryl methyl sites for hydroxylation is 1. The van der Waals surface area contributed by atoms with Crippen LogP contribution in [-0.4, -0.2) is 22.8 Å². The van der Waals surface area contributed by atoms with Crippen LogP contribution in [0.3, 0.4) is 0 Å². The summed E-state index contributed by atoms with van der Waals surface area (Å²) in [5.74, 6) is 0.947. The SMILES string of the molecule is CCCCCCCCOc1ccc(-c2ccc(-c3ccc(CCC(O)CCCCCC)cn3)cc2)cc1. The topological polar surface area (TPSA) is 42.4 Å². The summed E-state index contributed by atoms with van der Waals surface area (Å²) in [6.45, 7) is 5.27. The Labute approximate surface area is 225 Å². The molecule has 0 saturated carbocycles. The molecule has 1 heterocycles. The predicted octanol–water partition coefficient (Wildman–Crippen LogP) is 9.42. The number of aromatic nitrogens is 1. The molecule has 200 valence electrons. The Balaban J connectivity index is 1.43. The van der Waals surface area contributed by atoms with Gasteiger partial charge in [0.1, 0.15) is 5.75 Å². The van der Waals surface area contributed by atoms with Gasteiger partial charge in [-0.05, 0) is 60.6 Å². The number of rotatable bonds is 18. The second-order valence-electron chi connectivity index (χ2n) is 10.3. The fourth-order valence-corrected chi connectivity index (χ4v) is 4.68. The first kappa shape index (κ1) is 28.9. The van der Waals surface area contributed by atoms with E-state index in [1.165, 1.54) is 68.1 Å². The van der Waals surface area contributed by atoms with E-state index in [2.05, 4.69) is 79.5 Å². The van der Waals surface area contributed by atoms with Crippen molar-refractivity contribution in [1.82, 2.24) is 4.98 Å². The molecular weight excluding hydrogens is 454 g/mol. The third-order valence-electron chi connectivity index (χ3n) is 7.12. The van der Waals surface area contributed by atoms with E-state index in [4.69, 9.17) is 4.74 Å². The number of hydrogen-bond donors (Lipinski definition) is 1. The van der Waals surface area contributed by atoms with Gasteiger partial charge in [-0.15, -0.1) is 0 Å². The first-order valence-corrected chi connectivity index (χ1v) is 14.7. The molecule has 1 aromatic heterocycles. The smallest absolute Gasteiger partial charge is 0.119 e. The third kappa shape index (κ3) is 10.7. The maximum Gasteiger partial charge on any atom is 0.119 e. The highest BCUT2D eigenvalue weighted by Crippen LogP contribution is 2.26. The number of aliphatic hydroxyl groups excluding tert-OH is 1. The van der Waals surface area contributed by atoms with Gasteiger partial charge >= 0.3 is 0 Å². The summed E-state index contributed by atoms with van der Waals surface area (Å²) in [5.41, 5.74) is 5.66. The monoisotopic (exact) mass is 501 g/mol. The van der Waals surface area contributed by atoms with Crippen LogP contribution < -0.4 is 4.74 Å². The van der Waals surface area contributed by atoms with Crippen LogP contribution in [0.4, 0.5) is 0 Å². The maximum absolute atomic E-state index is 10.2. The summed E-state index contributed by atoms with van der Waals surface area (Å²) >= 11 is 0. The summed E-state index contributed by atoms with van der Waals surface area (Å²) in [5, 5.41) is 10.2. The number of benzene rings is 2. The molecule has 0 saturated heterocycles. The van der Waals surface area contributed by atoms with Gasteiger partial charge < -0.3 is 9.84 Å². The van der Waals surface area contributed by atoms with Crippen molar-refractivity contribution >= 4 is 0 Å². The van der Waals surface area contributed by atoms with Crippen LogP contribution in [0, 0.1) is 0 Å². The second kappa shape index (κ2) is 17.0. The Morgan fingerprint density at radius 3 is 1.89 bits per heavy atom. The van der Waals surface area contributed by atoms with Crippen LogP contribution in [0.5, 0.6) is 5.75 Å². The molecule has 0 aliphatic rings. The largest absolute Gasteiger partial charge is 0.494 e. The van der Waals surface area contributed by atoms with Crippen molar-refractivity contribution in [3.63, 3.8) is 0 Å². The fourth-order valence-electron chi connectivity index (χ4n) is 4.68. The molecule has 2 aromatic carbocycles. The number of hydrogen-bond acceptors (Lipinski definition) is 3. The molecule has 1 N–H and O–H groups in total. The molecule has 3 nitrogen and oxygen atoms in total. The normalized spacial score (nSPS) is 12.0. The lowest BCUT2D eigenvalue weighted by Crippen LogP contribution is -2.07. The summed E-state index contributed by atoms with van der Waals surface area (Å²) in [7, 11) is 0. The molecule has 0 aliphatic heterocycles. The van der Waals surface area contributed by atoms with Gasteiger partial charge in [0.15, 0.2) is 0 Å². The van der Waals surface area contributed by atoms with Crippen molar-refractivity contribution in [3.05, 3.63) is 72.4 Å². The minimum Gasteiger partial charge on any atom is -0.494 e. The highest BCUT2D eigenvalue weighted by Gasteiger charge is 2.06. The highest BCUT2D eigenvalue weighted by atomic mass is 16.5. The molecule has 3 aromatic rings. The highest BCUT2D eigenvalue weighted by molar-refractivity contribution is 5.69. The molecule has 3 heteroatoms. The Hall–Kier alpha value is -2.65. The molecule has 3 rings (SSSR count). The first-order valence-electron chi connectivity index (χ1n) is 14.7. The van der Waals surface area contributed by atoms with E-state index in [0.717, 1.165) is 55.7 Å². The first-order chi connectivity index (χ1) is 18.2. The van der Waals surface area contributed by atoms with Crippen molar-refractivity contribution in [3.8, 4) is 28.1 Å². The average Bonchev–Trinajstić information content (AvgIpc) is 2.94. The van der Waals surface area contributed by atoms with Crippen molar-refractivity contribution in [2.75, 3.05) is 6.61 Å². The Morgan fingerprint density at radius 2 is 1.24 bits per heavy atom. The zero-order valence-electron chi connectivity index (χ0n) is 23.1. The molecule has 0 fully saturated rings. The summed E-state index contributed by atoms with van der Waals surface area (Å²) in [6, 6.07) is 21.2. The second-order valence-corrected chi connectivity index (χ2v) is 10.3. The van der Waals surface area contributed by atoms with E-state index >= 15 is 0 Å². The fraction of sp³-hybridized carbons (Fsp3) is 0.500. The number of ether oxygens (including phenoxy) is 1. The number of nitrogens with zero attached hydrogens (tertiary/aromatic N) is 1. The quantitative estimate of drug-likeness (QED) is 0.176. The molecular formula is C34H47NO2. The van der Waals surface area contributed by atoms with E-state index in [1.807, 2.05) is 6.20 Å². The van der Waals surface area contributed by atoms with E-state index in [1.54, 1.807) is 0 Å². The van der Waals surface area contributed by atoms with Gasteiger partial charge in [-0.3, -0.25) is 4.98 Å². The molecule has 1 unspecified atom stereocenters. The van der Waals surface area contributed by atoms with Gasteiger partial charge in [0.25, 0.3) is 0 Å². The van der Waals surface area contributed by atoms with Crippen LogP contribution in [0.15, 0.2) is 66.9 Å². The van der Waals surface area contributed by atoms with Gasteiger partial charge in [0, 0.05) is 11.8 Å². The van der Waals surface area contributed by atoms with Crippen LogP contribution in [0.2, 0.25) is 0 Å². The van der Waals surface area contributed by atoms with Gasteiger partial charge in [-0.1, -0.05) is 114 Å². The summed E-state index contributed by atoms with van der Waals surface area (Å²) < 4.78 is 5.92. The number of pyridine rings is 1. The standard InChI is InChI=1S/C34H47NO2/c1-3-5-7-9-10-12-26-37-33-23-20-30(21-24-33)29-16-18-31(19-17-29)34-25-15-28(27-35-34)14-22-32(36)13-11-8-6-4-2/h15-21,23-25,27,32,36H,3-14,22,26H2,1-2H3. The summed E-state index contributed by atoms with van der Waals surface area (Å²) in [4.78, 5) is 4.69. The van der Waals surface area contributed by atoms with Gasteiger partial charge in [0.2, 0.25) is 0 Å². The number of unbranched alkanes of at least 4 members (excludes halogenated alkanes) is 8. The lowest BCUT2D eigenvalue weighted by molar-refractivity contribution is 0.151. The Kier molecular flexibility index (Phi) is 13.3. The molecule has 0 bridgehead atoms. The maximum atomic E-state index is 10.2. The molecule has 37 heavy (non-hydrogen) atoms. The molecule has 0 aliphatic carbocycles. The predicted molar refractivity (Wildman–Crippen MR) is 157 cm³/mol. The van der Waals surface area contributed by atoms with E-state index in [0.29, 0.717) is 0 Å². The van der Waals surface area contributed by atoms with E-state index in [-0.39, 0.29) is 6.10 Å². The average molecular weight is 502 g/mol. The third-order valence-corrected chi connectivity index (χ3v) is 7.12. The van der Waals surface area contributed by atoms with Crippen LogP contribution in [-0.2, 0) is 6.42 Å². The van der Waals surface area contributed by atoms with Gasteiger partial charge in [-0.2, -0.15) is 0 Å². The molecule has 0 amide bonds. The zero-order valence-corrected chi connectivity index (χ0v) is 23.1. The van der Waals surface area contributed by atoms with Crippen molar-refractivity contribution < 1.29 is 9.84 Å². The van der Waals surface area contributed by atoms with Gasteiger partial charge in [0.05, 0.1) is 18.4 Å². The lowest BCUT2D eigenvalue weighted by Gasteiger charge is -2.10. The Bertz CT molecular complexity index is 980. The minimum atomic E-state index is -0.204. The van der Waals surface area contributed by atoms with Crippen molar-refractivity contribution in [2.24, 2.45) is 0 Å². The lowest BCUT2D eigenvalue weighted by atomic mass is 10.0. The molecule has 0 spiro atoms. The Morgan fingerprint density at radius 1 is 0.649 bits per heavy atom. The summed E-state index contributed by atoms with van der Waals surface area (Å²) in [6.07, 6.45) is 16.9. The zero-order chi connectivity index (χ0) is 26.1. The molecule has 1 atom stereocenters. The van der Waals surface area contributed by atoms with E-state index < -0.39 is 0 Å². The van der Waals surface area contributed by atoms with Crippen LogP contribution in [0.25, 0.3) is 22.4 Å². The van der Waals surface area contributed by atoms with Crippen molar-refractivity contribution in [2.45, 2.75) is 103 Å². The number of aliphatic hydroxyl groups is 1. The minimum absolute atomic E-state index is 0.204. The van der Waals surface area contributed by atoms with Gasteiger partial charge in [-0.25, -0.2) is 0 Å². The van der Waals surface area contributed by atoms with Crippen LogP contribution in [0.1, 0.15) is 96.5 Å². The van der Waals surface area contributed by atoms with E-state index in [9.17, 15) is 5.11 Å².